The Balaban J connectivity index is 2.11. The summed E-state index contributed by atoms with van der Waals surface area (Å²) >= 11 is 5.96. The lowest BCUT2D eigenvalue weighted by Gasteiger charge is -2.40. The highest BCUT2D eigenvalue weighted by Gasteiger charge is 2.38. The van der Waals surface area contributed by atoms with Gasteiger partial charge in [-0.05, 0) is 39.3 Å². The van der Waals surface area contributed by atoms with Gasteiger partial charge in [-0.2, -0.15) is 17.0 Å². The van der Waals surface area contributed by atoms with E-state index in [0.29, 0.717) is 12.4 Å². The minimum absolute atomic E-state index is 0.0424. The van der Waals surface area contributed by atoms with Gasteiger partial charge in [-0.25, -0.2) is 0 Å². The van der Waals surface area contributed by atoms with Gasteiger partial charge < -0.3 is 4.90 Å². The fourth-order valence-electron chi connectivity index (χ4n) is 3.22. The molecule has 0 aromatic rings. The molecule has 0 aromatic heterocycles. The number of rotatable bonds is 4. The minimum Gasteiger partial charge on any atom is -0.305 e. The van der Waals surface area contributed by atoms with E-state index in [1.165, 1.54) is 0 Å². The normalized spacial score (nSPS) is 30.8. The van der Waals surface area contributed by atoms with E-state index in [4.69, 9.17) is 11.6 Å². The Morgan fingerprint density at radius 2 is 1.95 bits per heavy atom. The summed E-state index contributed by atoms with van der Waals surface area (Å²) in [4.78, 5) is 2.20. The number of likely N-dealkylation sites (tertiary alicyclic amines) is 1. The van der Waals surface area contributed by atoms with Crippen LogP contribution in [0.25, 0.3) is 0 Å². The molecule has 0 aromatic carbocycles. The van der Waals surface area contributed by atoms with E-state index in [2.05, 4.69) is 11.9 Å². The van der Waals surface area contributed by atoms with Crippen molar-refractivity contribution in [3.8, 4) is 0 Å². The van der Waals surface area contributed by atoms with Gasteiger partial charge >= 0.3 is 0 Å². The Morgan fingerprint density at radius 3 is 2.60 bits per heavy atom. The van der Waals surface area contributed by atoms with Crippen LogP contribution < -0.4 is 0 Å². The first-order chi connectivity index (χ1) is 9.46. The number of nitrogens with zero attached hydrogens (tertiary/aromatic N) is 3. The number of halogens is 1. The van der Waals surface area contributed by atoms with Crippen molar-refractivity contribution in [2.24, 2.45) is 0 Å². The van der Waals surface area contributed by atoms with E-state index >= 15 is 0 Å². The molecule has 0 bridgehead atoms. The average molecular weight is 324 g/mol. The second-order valence-corrected chi connectivity index (χ2v) is 8.25. The van der Waals surface area contributed by atoms with Gasteiger partial charge in [-0.15, -0.1) is 11.6 Å². The Kier molecular flexibility index (Phi) is 5.71. The molecular weight excluding hydrogens is 298 g/mol. The van der Waals surface area contributed by atoms with Crippen LogP contribution in [-0.4, -0.2) is 73.6 Å². The van der Waals surface area contributed by atoms with Crippen molar-refractivity contribution in [1.29, 1.82) is 0 Å². The first kappa shape index (κ1) is 16.5. The summed E-state index contributed by atoms with van der Waals surface area (Å²) in [6.07, 6.45) is 4.88. The van der Waals surface area contributed by atoms with Gasteiger partial charge in [0.1, 0.15) is 0 Å². The van der Waals surface area contributed by atoms with Crippen LogP contribution in [-0.2, 0) is 10.2 Å². The summed E-state index contributed by atoms with van der Waals surface area (Å²) in [5.41, 5.74) is 0. The summed E-state index contributed by atoms with van der Waals surface area (Å²) in [7, 11) is 0.381. The number of likely N-dealkylation sites (N-methyl/N-ethyl adjacent to an activating group) is 2. The monoisotopic (exact) mass is 323 g/mol. The van der Waals surface area contributed by atoms with Crippen LogP contribution in [0.2, 0.25) is 0 Å². The lowest BCUT2D eigenvalue weighted by Crippen LogP contribution is -2.55. The lowest BCUT2D eigenvalue weighted by molar-refractivity contribution is 0.173. The van der Waals surface area contributed by atoms with Gasteiger partial charge in [0.15, 0.2) is 0 Å². The first-order valence-electron chi connectivity index (χ1n) is 7.46. The summed E-state index contributed by atoms with van der Waals surface area (Å²) < 4.78 is 28.9. The van der Waals surface area contributed by atoms with Crippen LogP contribution in [0, 0.1) is 0 Å². The molecule has 0 aliphatic carbocycles. The molecule has 2 heterocycles. The van der Waals surface area contributed by atoms with Crippen LogP contribution in [0.15, 0.2) is 0 Å². The third-order valence-electron chi connectivity index (χ3n) is 4.53. The van der Waals surface area contributed by atoms with Gasteiger partial charge in [0, 0.05) is 38.1 Å². The fraction of sp³-hybridized carbons (Fsp3) is 1.00. The molecule has 5 nitrogen and oxygen atoms in total. The number of hydrogen-bond donors (Lipinski definition) is 0. The quantitative estimate of drug-likeness (QED) is 0.734. The highest BCUT2D eigenvalue weighted by molar-refractivity contribution is 7.86. The van der Waals surface area contributed by atoms with Gasteiger partial charge in [-0.3, -0.25) is 0 Å². The van der Waals surface area contributed by atoms with Crippen molar-refractivity contribution in [2.75, 3.05) is 39.6 Å². The molecule has 2 atom stereocenters. The Labute approximate surface area is 128 Å². The Bertz CT molecular complexity index is 418. The molecule has 0 N–H and O–H groups in total. The zero-order chi connectivity index (χ0) is 14.8. The highest BCUT2D eigenvalue weighted by atomic mass is 35.5. The van der Waals surface area contributed by atoms with Crippen molar-refractivity contribution in [3.63, 3.8) is 0 Å². The topological polar surface area (TPSA) is 43.9 Å². The van der Waals surface area contributed by atoms with Crippen LogP contribution in [0.5, 0.6) is 0 Å². The summed E-state index contributed by atoms with van der Waals surface area (Å²) in [5.74, 6) is 0.387. The zero-order valence-electron chi connectivity index (χ0n) is 12.5. The Morgan fingerprint density at radius 1 is 1.20 bits per heavy atom. The molecule has 0 radical (unpaired) electrons. The molecule has 0 saturated carbocycles. The van der Waals surface area contributed by atoms with Gasteiger partial charge in [0.05, 0.1) is 0 Å². The summed E-state index contributed by atoms with van der Waals surface area (Å²) in [6.45, 7) is 2.47. The van der Waals surface area contributed by atoms with Crippen molar-refractivity contribution in [1.82, 2.24) is 13.5 Å². The highest BCUT2D eigenvalue weighted by Crippen LogP contribution is 2.25. The molecule has 2 unspecified atom stereocenters. The smallest absolute Gasteiger partial charge is 0.282 e. The van der Waals surface area contributed by atoms with Gasteiger partial charge in [0.25, 0.3) is 10.2 Å². The molecule has 2 aliphatic heterocycles. The van der Waals surface area contributed by atoms with Crippen molar-refractivity contribution >= 4 is 21.8 Å². The van der Waals surface area contributed by atoms with Gasteiger partial charge in [-0.1, -0.05) is 6.42 Å². The van der Waals surface area contributed by atoms with E-state index in [1.807, 2.05) is 0 Å². The predicted octanol–water partition coefficient (Wildman–Crippen LogP) is 1.35. The third-order valence-corrected chi connectivity index (χ3v) is 6.98. The van der Waals surface area contributed by atoms with Crippen LogP contribution in [0.1, 0.15) is 32.1 Å². The lowest BCUT2D eigenvalue weighted by atomic mass is 10.1. The van der Waals surface area contributed by atoms with E-state index in [9.17, 15) is 8.42 Å². The predicted molar refractivity (Wildman–Crippen MR) is 82.3 cm³/mol. The van der Waals surface area contributed by atoms with E-state index in [-0.39, 0.29) is 12.1 Å². The van der Waals surface area contributed by atoms with Crippen molar-refractivity contribution in [2.45, 2.75) is 44.2 Å². The van der Waals surface area contributed by atoms with Crippen LogP contribution >= 0.6 is 11.6 Å². The molecule has 0 spiro atoms. The SMILES string of the molecule is CN1CCCC(N(C)S(=O)(=O)N2CCCCC2CCl)C1. The molecular formula is C13H26ClN3O2S. The molecule has 20 heavy (non-hydrogen) atoms. The largest absolute Gasteiger partial charge is 0.305 e. The molecule has 2 saturated heterocycles. The zero-order valence-corrected chi connectivity index (χ0v) is 14.0. The summed E-state index contributed by atoms with van der Waals surface area (Å²) in [6, 6.07) is 0.0378. The maximum absolute atomic E-state index is 12.8. The van der Waals surface area contributed by atoms with E-state index in [1.54, 1.807) is 15.7 Å². The number of hydrogen-bond acceptors (Lipinski definition) is 3. The average Bonchev–Trinajstić information content (AvgIpc) is 2.46. The first-order valence-corrected chi connectivity index (χ1v) is 9.39. The minimum atomic E-state index is -3.39. The molecule has 0 amide bonds. The van der Waals surface area contributed by atoms with Crippen molar-refractivity contribution < 1.29 is 8.42 Å². The third kappa shape index (κ3) is 3.47. The molecule has 2 aliphatic rings. The van der Waals surface area contributed by atoms with E-state index in [0.717, 1.165) is 45.2 Å². The second kappa shape index (κ2) is 6.92. The fourth-order valence-corrected chi connectivity index (χ4v) is 5.42. The number of piperidine rings is 2. The van der Waals surface area contributed by atoms with Gasteiger partial charge in [0.2, 0.25) is 0 Å². The Hall–Kier alpha value is 0.120. The van der Waals surface area contributed by atoms with Crippen LogP contribution in [0.4, 0.5) is 0 Å². The standard InChI is InChI=1S/C13H26ClN3O2S/c1-15-8-5-7-13(11-15)16(2)20(18,19)17-9-4-3-6-12(17)10-14/h12-13H,3-11H2,1-2H3. The van der Waals surface area contributed by atoms with E-state index < -0.39 is 10.2 Å². The molecule has 7 heteroatoms. The van der Waals surface area contributed by atoms with Crippen LogP contribution in [0.3, 0.4) is 0 Å². The van der Waals surface area contributed by atoms with Crippen molar-refractivity contribution in [3.05, 3.63) is 0 Å². The maximum Gasteiger partial charge on any atom is 0.282 e. The molecule has 2 fully saturated rings. The maximum atomic E-state index is 12.8. The molecule has 118 valence electrons. The molecule has 2 rings (SSSR count). The number of alkyl halides is 1. The summed E-state index contributed by atoms with van der Waals surface area (Å²) in [5, 5.41) is 0. The second-order valence-electron chi connectivity index (χ2n) is 6.00.